The Balaban J connectivity index is 0.00000441. The number of nitrogens with zero attached hydrogens (tertiary/aromatic N) is 3. The molecule has 1 amide bonds. The zero-order chi connectivity index (χ0) is 16.1. The van der Waals surface area contributed by atoms with Crippen LogP contribution in [-0.4, -0.2) is 45.4 Å². The fraction of sp³-hybridized carbons (Fsp3) is 0.727. The van der Waals surface area contributed by atoms with Gasteiger partial charge in [0.15, 0.2) is 0 Å². The molecule has 0 aromatic carbocycles. The Morgan fingerprint density at radius 2 is 2.09 bits per heavy atom. The second-order valence-electron chi connectivity index (χ2n) is 5.44. The van der Waals surface area contributed by atoms with Gasteiger partial charge in [-0.25, -0.2) is 13.2 Å². The molecule has 11 heteroatoms. The summed E-state index contributed by atoms with van der Waals surface area (Å²) in [6.45, 7) is 5.68. The van der Waals surface area contributed by atoms with E-state index in [4.69, 9.17) is 4.74 Å². The van der Waals surface area contributed by atoms with Crippen molar-refractivity contribution in [3.05, 3.63) is 11.9 Å². The van der Waals surface area contributed by atoms with Gasteiger partial charge >= 0.3 is 35.7 Å². The molecular weight excluding hydrogens is 323 g/mol. The van der Waals surface area contributed by atoms with Gasteiger partial charge in [0, 0.05) is 12.3 Å². The summed E-state index contributed by atoms with van der Waals surface area (Å²) in [5, 5.41) is 10.1. The minimum atomic E-state index is -4.21. The maximum Gasteiger partial charge on any atom is 1.00 e. The van der Waals surface area contributed by atoms with Gasteiger partial charge in [0.2, 0.25) is 0 Å². The molecule has 0 saturated heterocycles. The van der Waals surface area contributed by atoms with Crippen LogP contribution < -0.4 is 34.9 Å². The summed E-state index contributed by atoms with van der Waals surface area (Å²) in [6.07, 6.45) is 1.16. The molecule has 0 radical (unpaired) electrons. The number of carbonyl (C=O) groups is 1. The summed E-state index contributed by atoms with van der Waals surface area (Å²) in [6, 6.07) is 0. The molecule has 1 rings (SSSR count). The number of amides is 1. The van der Waals surface area contributed by atoms with E-state index in [0.717, 1.165) is 0 Å². The van der Waals surface area contributed by atoms with Crippen LogP contribution in [0.3, 0.4) is 0 Å². The molecule has 1 aromatic heterocycles. The summed E-state index contributed by atoms with van der Waals surface area (Å²) >= 11 is 0. The molecular formula is C11H19N4NaO5S. The van der Waals surface area contributed by atoms with E-state index in [-0.39, 0.29) is 49.1 Å². The molecule has 0 aliphatic rings. The minimum absolute atomic E-state index is 0. The Morgan fingerprint density at radius 1 is 1.45 bits per heavy atom. The first-order chi connectivity index (χ1) is 9.55. The monoisotopic (exact) mass is 342 g/mol. The van der Waals surface area contributed by atoms with Gasteiger partial charge in [0.25, 0.3) is 0 Å². The topological polar surface area (TPSA) is 126 Å². The zero-order valence-electron chi connectivity index (χ0n) is 13.2. The SMILES string of the molecule is CC(C)(C)OC(=O)NCc1cn(CCCS(=O)(=O)[O-])nn1.[Na+]. The molecule has 0 fully saturated rings. The first-order valence-electron chi connectivity index (χ1n) is 6.34. The smallest absolute Gasteiger partial charge is 0.748 e. The largest absolute Gasteiger partial charge is 1.00 e. The van der Waals surface area contributed by atoms with E-state index in [1.54, 1.807) is 27.0 Å². The number of alkyl carbamates (subject to hydrolysis) is 1. The van der Waals surface area contributed by atoms with Crippen LogP contribution in [0, 0.1) is 0 Å². The molecule has 0 unspecified atom stereocenters. The molecule has 1 N–H and O–H groups in total. The van der Waals surface area contributed by atoms with Crippen molar-refractivity contribution < 1.29 is 52.1 Å². The van der Waals surface area contributed by atoms with Crippen LogP contribution in [0.25, 0.3) is 0 Å². The Labute approximate surface area is 151 Å². The first-order valence-corrected chi connectivity index (χ1v) is 7.92. The second-order valence-corrected chi connectivity index (χ2v) is 6.97. The molecule has 1 aromatic rings. The molecule has 0 atom stereocenters. The number of hydrogen-bond donors (Lipinski definition) is 1. The van der Waals surface area contributed by atoms with Gasteiger partial charge in [-0.2, -0.15) is 0 Å². The second kappa shape index (κ2) is 8.82. The fourth-order valence-electron chi connectivity index (χ4n) is 1.41. The van der Waals surface area contributed by atoms with Crippen LogP contribution in [-0.2, 0) is 27.9 Å². The Hall–Kier alpha value is -0.680. The van der Waals surface area contributed by atoms with Crippen LogP contribution >= 0.6 is 0 Å². The third-order valence-corrected chi connectivity index (χ3v) is 2.97. The van der Waals surface area contributed by atoms with E-state index in [2.05, 4.69) is 15.6 Å². The summed E-state index contributed by atoms with van der Waals surface area (Å²) in [4.78, 5) is 11.4. The van der Waals surface area contributed by atoms with Crippen molar-refractivity contribution in [2.75, 3.05) is 5.75 Å². The van der Waals surface area contributed by atoms with E-state index < -0.39 is 27.6 Å². The summed E-state index contributed by atoms with van der Waals surface area (Å²) in [5.74, 6) is -0.446. The number of ether oxygens (including phenoxy) is 1. The number of rotatable bonds is 6. The van der Waals surface area contributed by atoms with E-state index in [1.165, 1.54) is 4.68 Å². The van der Waals surface area contributed by atoms with Crippen molar-refractivity contribution in [3.8, 4) is 0 Å². The van der Waals surface area contributed by atoms with Gasteiger partial charge in [-0.3, -0.25) is 4.68 Å². The number of aromatic nitrogens is 3. The molecule has 0 bridgehead atoms. The van der Waals surface area contributed by atoms with Gasteiger partial charge in [-0.15, -0.1) is 5.10 Å². The predicted octanol–water partition coefficient (Wildman–Crippen LogP) is -2.76. The van der Waals surface area contributed by atoms with E-state index in [1.807, 2.05) is 0 Å². The predicted molar refractivity (Wildman–Crippen MR) is 72.3 cm³/mol. The number of nitrogens with one attached hydrogen (secondary N) is 1. The molecule has 0 spiro atoms. The van der Waals surface area contributed by atoms with E-state index >= 15 is 0 Å². The minimum Gasteiger partial charge on any atom is -0.748 e. The molecule has 0 saturated carbocycles. The van der Waals surface area contributed by atoms with Gasteiger partial charge in [-0.1, -0.05) is 5.21 Å². The molecule has 1 heterocycles. The first kappa shape index (κ1) is 21.3. The van der Waals surface area contributed by atoms with E-state index in [9.17, 15) is 17.8 Å². The maximum atomic E-state index is 11.4. The average molecular weight is 342 g/mol. The third kappa shape index (κ3) is 10.1. The zero-order valence-corrected chi connectivity index (χ0v) is 16.0. The molecule has 22 heavy (non-hydrogen) atoms. The van der Waals surface area contributed by atoms with E-state index in [0.29, 0.717) is 5.69 Å². The number of aryl methyl sites for hydroxylation is 1. The van der Waals surface area contributed by atoms with Gasteiger partial charge in [0.1, 0.15) is 11.3 Å². The standard InChI is InChI=1S/C11H20N4O5S.Na/c1-11(2,3)20-10(16)12-7-9-8-15(14-13-9)5-4-6-21(17,18)19;/h8H,4-7H2,1-3H3,(H,12,16)(H,17,18,19);/q;+1/p-1. The Bertz CT molecular complexity index is 582. The maximum absolute atomic E-state index is 11.4. The third-order valence-electron chi connectivity index (χ3n) is 2.18. The van der Waals surface area contributed by atoms with Crippen LogP contribution in [0.15, 0.2) is 6.20 Å². The van der Waals surface area contributed by atoms with Crippen molar-refractivity contribution in [2.24, 2.45) is 0 Å². The van der Waals surface area contributed by atoms with Crippen LogP contribution in [0.2, 0.25) is 0 Å². The van der Waals surface area contributed by atoms with Crippen LogP contribution in [0.5, 0.6) is 0 Å². The average Bonchev–Trinajstić information content (AvgIpc) is 2.70. The number of carbonyl (C=O) groups excluding carboxylic acids is 1. The van der Waals surface area contributed by atoms with Crippen molar-refractivity contribution >= 4 is 16.2 Å². The van der Waals surface area contributed by atoms with Crippen molar-refractivity contribution in [2.45, 2.75) is 45.9 Å². The molecule has 9 nitrogen and oxygen atoms in total. The molecule has 0 aliphatic carbocycles. The molecule has 120 valence electrons. The van der Waals surface area contributed by atoms with Crippen molar-refractivity contribution in [3.63, 3.8) is 0 Å². The van der Waals surface area contributed by atoms with Gasteiger partial charge in [-0.05, 0) is 27.2 Å². The quantitative estimate of drug-likeness (QED) is 0.438. The normalized spacial score (nSPS) is 11.6. The van der Waals surface area contributed by atoms with Crippen molar-refractivity contribution in [1.82, 2.24) is 20.3 Å². The summed E-state index contributed by atoms with van der Waals surface area (Å²) in [7, 11) is -4.21. The molecule has 0 aliphatic heterocycles. The van der Waals surface area contributed by atoms with Crippen LogP contribution in [0.1, 0.15) is 32.9 Å². The van der Waals surface area contributed by atoms with Crippen molar-refractivity contribution in [1.29, 1.82) is 0 Å². The van der Waals surface area contributed by atoms with Crippen LogP contribution in [0.4, 0.5) is 4.79 Å². The Morgan fingerprint density at radius 3 is 2.64 bits per heavy atom. The number of hydrogen-bond acceptors (Lipinski definition) is 7. The Kier molecular flexibility index (Phi) is 8.55. The summed E-state index contributed by atoms with van der Waals surface area (Å²) in [5.41, 5.74) is -0.0725. The summed E-state index contributed by atoms with van der Waals surface area (Å²) < 4.78 is 37.8. The fourth-order valence-corrected chi connectivity index (χ4v) is 1.89. The van der Waals surface area contributed by atoms with Gasteiger partial charge in [0.05, 0.1) is 22.9 Å². The van der Waals surface area contributed by atoms with Gasteiger partial charge < -0.3 is 14.6 Å².